The van der Waals surface area contributed by atoms with Gasteiger partial charge in [-0.1, -0.05) is 104 Å². The molecule has 2 unspecified atom stereocenters. The van der Waals surface area contributed by atoms with E-state index in [-0.39, 0.29) is 97.0 Å². The molecule has 584 valence electrons. The average Bonchev–Trinajstić information content (AvgIpc) is 0.752. The Bertz CT molecular complexity index is 4980. The third-order valence-corrected chi connectivity index (χ3v) is 22.6. The van der Waals surface area contributed by atoms with Crippen molar-refractivity contribution in [1.82, 2.24) is 30.0 Å². The summed E-state index contributed by atoms with van der Waals surface area (Å²) in [4.78, 5) is 132. The molecular weight excluding hydrogens is 1460 g/mol. The van der Waals surface area contributed by atoms with Crippen LogP contribution in [0.4, 0.5) is 26.1 Å². The van der Waals surface area contributed by atoms with Gasteiger partial charge in [-0.3, -0.25) is 38.9 Å². The standard InChI is InChI=1S/C83H87N9O19S/c1-47-58(57-26-27-60(87-69(57)74(98)99)52-25-29-65-63(37-52)91(33-34-104-65)78(101)89-77-88-61-21-13-14-22-66(61)112-77)38-85-92(47)46-82-41-80(5)40-81(6,42-82)44-83(43-80,45-82)106-35-32-90(7)68(97)23-15-16-51-24-28-64(110-76-73(109-50(4)95)71(108-49(3)94)70(107-48(2)93)72(111-76)75(100)103-8)62(36-51)86-67(96)30-31-84-79(102)105-39-59-55-19-11-9-17-53(55)54-18-10-12-20-56(54)59/h9-22,24-29,36-38,59,70-73,76H,23,30-35,39-46H2,1-8H3,(H,84,102)(H,86,96)(H,98,99)(H,88,89,101)/b16-15+/t70-,71-,72-,73+,76+,80?,81?,82?,83?/m0/s1. The smallest absolute Gasteiger partial charge is 0.407 e. The number of nitrogens with one attached hydrogen (secondary N) is 3. The summed E-state index contributed by atoms with van der Waals surface area (Å²) in [6.07, 6.45) is 0.872. The lowest BCUT2D eigenvalue weighted by atomic mass is 9.39. The number of aromatic nitrogens is 4. The van der Waals surface area contributed by atoms with Crippen molar-refractivity contribution < 1.29 is 90.9 Å². The predicted octanol–water partition coefficient (Wildman–Crippen LogP) is 12.3. The molecule has 15 rings (SSSR count). The Kier molecular flexibility index (Phi) is 21.8. The lowest BCUT2D eigenvalue weighted by Crippen LogP contribution is -2.64. The number of pyridine rings is 1. The number of alkyl carbamates (subject to hydrolysis) is 1. The molecule has 4 N–H and O–H groups in total. The number of thiazole rings is 1. The predicted molar refractivity (Wildman–Crippen MR) is 411 cm³/mol. The van der Waals surface area contributed by atoms with Gasteiger partial charge in [0, 0.05) is 88.6 Å². The van der Waals surface area contributed by atoms with Crippen molar-refractivity contribution in [2.24, 2.45) is 16.2 Å². The number of nitrogens with zero attached hydrogens (tertiary/aromatic N) is 6. The molecule has 3 aromatic heterocycles. The van der Waals surface area contributed by atoms with Crippen molar-refractivity contribution in [2.45, 2.75) is 142 Å². The lowest BCUT2D eigenvalue weighted by Gasteiger charge is -2.69. The van der Waals surface area contributed by atoms with Crippen molar-refractivity contribution in [3.05, 3.63) is 162 Å². The molecule has 0 radical (unpaired) electrons. The molecular formula is C83H87N9O19S. The van der Waals surface area contributed by atoms with E-state index in [1.165, 1.54) is 23.5 Å². The Morgan fingerprint density at radius 2 is 1.45 bits per heavy atom. The molecule has 28 nitrogen and oxygen atoms in total. The van der Waals surface area contributed by atoms with Gasteiger partial charge in [0.2, 0.25) is 24.2 Å². The SMILES string of the molecule is COC(=O)[C@H]1O[C@@H](Oc2ccc(/C=C/CC(=O)N(C)CCOC34CC5(C)CC(C)(CC(Cn6ncc(-c7ccc(-c8ccc9c(c8)N(C(=O)Nc8nc%10ccccc%10s8)CCO9)nc7C(=O)O)c6C)(C5)C3)C4)cc2NC(=O)CCNC(=O)OCC2c3ccccc3-c3ccccc32)[C@H](OC(C)=O)[C@@H](OC(C)=O)[C@@H]1OC(C)=O. The Labute approximate surface area is 649 Å². The molecule has 8 aromatic rings. The first-order chi connectivity index (χ1) is 53.7. The lowest BCUT2D eigenvalue weighted by molar-refractivity contribution is -0.282. The van der Waals surface area contributed by atoms with Crippen LogP contribution in [0.3, 0.4) is 0 Å². The van der Waals surface area contributed by atoms with Crippen molar-refractivity contribution >= 4 is 97.9 Å². The second kappa shape index (κ2) is 31.7. The molecule has 7 atom stereocenters. The molecule has 5 fully saturated rings. The Hall–Kier alpha value is -11.6. The Morgan fingerprint density at radius 3 is 2.15 bits per heavy atom. The number of carbonyl (C=O) groups is 9. The number of fused-ring (bicyclic) bond motifs is 5. The minimum absolute atomic E-state index is 0.0204. The zero-order valence-corrected chi connectivity index (χ0v) is 64.1. The van der Waals surface area contributed by atoms with Crippen LogP contribution in [0.25, 0.3) is 49.8 Å². The van der Waals surface area contributed by atoms with E-state index in [1.807, 2.05) is 84.4 Å². The number of benzene rings is 5. The number of para-hydroxylation sites is 1. The van der Waals surface area contributed by atoms with E-state index in [9.17, 15) is 48.3 Å². The number of methoxy groups -OCH3 is 1. The van der Waals surface area contributed by atoms with Gasteiger partial charge in [-0.05, 0) is 144 Å². The van der Waals surface area contributed by atoms with Gasteiger partial charge in [0.1, 0.15) is 24.7 Å². The second-order valence-electron chi connectivity index (χ2n) is 30.5. The van der Waals surface area contributed by atoms with Crippen LogP contribution in [0.15, 0.2) is 134 Å². The fraction of sp³-hybridized carbons (Fsp3) is 0.398. The Morgan fingerprint density at radius 1 is 0.750 bits per heavy atom. The summed E-state index contributed by atoms with van der Waals surface area (Å²) in [5.74, 6) is -5.55. The molecule has 1 saturated heterocycles. The summed E-state index contributed by atoms with van der Waals surface area (Å²) >= 11 is 1.38. The van der Waals surface area contributed by atoms with Crippen LogP contribution in [-0.4, -0.2) is 173 Å². The zero-order valence-electron chi connectivity index (χ0n) is 63.2. The third-order valence-electron chi connectivity index (χ3n) is 21.7. The molecule has 2 aliphatic heterocycles. The van der Waals surface area contributed by atoms with Crippen LogP contribution in [-0.2, 0) is 68.5 Å². The highest BCUT2D eigenvalue weighted by Crippen LogP contribution is 2.72. The second-order valence-corrected chi connectivity index (χ2v) is 31.6. The zero-order chi connectivity index (χ0) is 79.0. The first-order valence-corrected chi connectivity index (χ1v) is 38.0. The number of likely N-dealkylation sites (N-methyl/N-ethyl adjacent to an activating group) is 1. The van der Waals surface area contributed by atoms with Gasteiger partial charge in [-0.25, -0.2) is 29.1 Å². The third kappa shape index (κ3) is 16.4. The summed E-state index contributed by atoms with van der Waals surface area (Å²) in [5, 5.41) is 24.6. The summed E-state index contributed by atoms with van der Waals surface area (Å²) < 4.78 is 55.7. The van der Waals surface area contributed by atoms with E-state index in [0.29, 0.717) is 57.6 Å². The van der Waals surface area contributed by atoms with E-state index >= 15 is 0 Å². The van der Waals surface area contributed by atoms with Crippen molar-refractivity contribution in [3.8, 4) is 45.0 Å². The number of hydrogen-bond acceptors (Lipinski definition) is 22. The van der Waals surface area contributed by atoms with Gasteiger partial charge in [-0.15, -0.1) is 0 Å². The molecule has 5 heterocycles. The molecule has 4 saturated carbocycles. The van der Waals surface area contributed by atoms with Crippen molar-refractivity contribution in [1.29, 1.82) is 0 Å². The maximum absolute atomic E-state index is 14.0. The number of hydrogen-bond donors (Lipinski definition) is 4. The van der Waals surface area contributed by atoms with Gasteiger partial charge in [0.15, 0.2) is 29.1 Å². The normalized spacial score (nSPS) is 23.2. The molecule has 5 amide bonds. The van der Waals surface area contributed by atoms with Crippen LogP contribution < -0.4 is 30.3 Å². The fourth-order valence-electron chi connectivity index (χ4n) is 18.3. The number of esters is 4. The number of carboxylic acids is 1. The number of urea groups is 1. The van der Waals surface area contributed by atoms with Crippen LogP contribution in [0.1, 0.15) is 125 Å². The number of ether oxygens (including phenoxy) is 9. The van der Waals surface area contributed by atoms with E-state index < -0.39 is 78.2 Å². The fourth-order valence-corrected chi connectivity index (χ4v) is 19.1. The summed E-state index contributed by atoms with van der Waals surface area (Å²) in [7, 11) is 2.77. The minimum Gasteiger partial charge on any atom is -0.490 e. The highest BCUT2D eigenvalue weighted by Gasteiger charge is 2.66. The molecule has 112 heavy (non-hydrogen) atoms. The molecule has 0 spiro atoms. The van der Waals surface area contributed by atoms with Gasteiger partial charge in [-0.2, -0.15) is 5.10 Å². The molecule has 5 aliphatic carbocycles. The van der Waals surface area contributed by atoms with Gasteiger partial charge >= 0.3 is 42.0 Å². The van der Waals surface area contributed by atoms with E-state index in [4.69, 9.17) is 52.7 Å². The van der Waals surface area contributed by atoms with Crippen LogP contribution in [0.5, 0.6) is 11.5 Å². The van der Waals surface area contributed by atoms with Crippen LogP contribution in [0, 0.1) is 23.2 Å². The highest BCUT2D eigenvalue weighted by molar-refractivity contribution is 7.22. The molecule has 5 aromatic carbocycles. The number of rotatable bonds is 25. The maximum atomic E-state index is 14.0. The molecule has 4 bridgehead atoms. The molecule has 29 heteroatoms. The topological polar surface area (TPSA) is 343 Å². The minimum atomic E-state index is -1.78. The van der Waals surface area contributed by atoms with Crippen molar-refractivity contribution in [2.75, 3.05) is 69.1 Å². The van der Waals surface area contributed by atoms with Gasteiger partial charge in [0.25, 0.3) is 0 Å². The van der Waals surface area contributed by atoms with Gasteiger partial charge < -0.3 is 63.3 Å². The first kappa shape index (κ1) is 77.2. The number of carboxylic acid groups (broad SMARTS) is 1. The number of amides is 5. The average molecular weight is 1550 g/mol. The summed E-state index contributed by atoms with van der Waals surface area (Å²) in [6, 6.07) is 36.6. The van der Waals surface area contributed by atoms with Gasteiger partial charge in [0.05, 0.1) is 59.3 Å². The monoisotopic (exact) mass is 1550 g/mol. The summed E-state index contributed by atoms with van der Waals surface area (Å²) in [6.45, 7) is 11.4. The molecule has 7 aliphatic rings. The quantitative estimate of drug-likeness (QED) is 0.0305. The first-order valence-electron chi connectivity index (χ1n) is 37.1. The summed E-state index contributed by atoms with van der Waals surface area (Å²) in [5.41, 5.74) is 7.92. The maximum Gasteiger partial charge on any atom is 0.407 e. The largest absolute Gasteiger partial charge is 0.490 e. The Balaban J connectivity index is 0.630. The van der Waals surface area contributed by atoms with Crippen LogP contribution in [0.2, 0.25) is 0 Å². The van der Waals surface area contributed by atoms with E-state index in [2.05, 4.69) is 34.8 Å². The number of aromatic carboxylic acids is 1. The van der Waals surface area contributed by atoms with E-state index in [0.717, 1.165) is 105 Å². The van der Waals surface area contributed by atoms with Crippen LogP contribution >= 0.6 is 11.3 Å². The highest BCUT2D eigenvalue weighted by atomic mass is 32.1. The van der Waals surface area contributed by atoms with E-state index in [1.54, 1.807) is 71.6 Å². The van der Waals surface area contributed by atoms with Crippen molar-refractivity contribution in [3.63, 3.8) is 0 Å². The number of carbonyl (C=O) groups excluding carboxylic acids is 8. The number of anilines is 3.